The summed E-state index contributed by atoms with van der Waals surface area (Å²) in [4.78, 5) is 13.5. The van der Waals surface area contributed by atoms with Crippen LogP contribution in [0.3, 0.4) is 0 Å². The molecule has 0 radical (unpaired) electrons. The van der Waals surface area contributed by atoms with Gasteiger partial charge in [-0.2, -0.15) is 0 Å². The molecule has 3 aliphatic rings. The molecule has 3 saturated heterocycles. The fraction of sp³-hybridized carbons (Fsp3) is 0.869. The number of aliphatic hydroxyl groups is 11. The zero-order chi connectivity index (χ0) is 74.6. The summed E-state index contributed by atoms with van der Waals surface area (Å²) in [5.74, 6) is -0.270. The van der Waals surface area contributed by atoms with Crippen LogP contribution >= 0.6 is 0 Å². The molecule has 19 nitrogen and oxygen atoms in total. The highest BCUT2D eigenvalue weighted by molar-refractivity contribution is 5.76. The lowest BCUT2D eigenvalue weighted by atomic mass is 9.96. The van der Waals surface area contributed by atoms with Crippen molar-refractivity contribution in [3.63, 3.8) is 0 Å². The van der Waals surface area contributed by atoms with E-state index in [2.05, 4.69) is 67.8 Å². The SMILES string of the molecule is CC/C=C\C/C=C\C/C=C\C/C=C\CCCCCCCCCCCCCCCCCCCCCCCCC(=O)NC(COC1OC(CO)C(OC2OC(CO)C(OC3OC(CO)C(O)C(O)C3O)C(O)C2O)C(O)C1O)C(O)/C=C/CCCCCCCCCCCCCCCCCCCCCCC. The van der Waals surface area contributed by atoms with Crippen LogP contribution in [0, 0.1) is 0 Å². The summed E-state index contributed by atoms with van der Waals surface area (Å²) in [5.41, 5.74) is 0. The van der Waals surface area contributed by atoms with Crippen LogP contribution < -0.4 is 5.32 Å². The van der Waals surface area contributed by atoms with Crippen molar-refractivity contribution in [2.24, 2.45) is 0 Å². The number of ether oxygens (including phenoxy) is 6. The molecule has 17 unspecified atom stereocenters. The second-order valence-electron chi connectivity index (χ2n) is 29.9. The standard InChI is InChI=1S/C84H153NO18/c1-3-5-7-9-11-13-15-17-19-21-23-25-27-28-29-30-31-32-33-34-35-36-37-38-40-42-44-46-48-50-52-54-56-58-60-62-72(90)85-67(68(89)61-59-57-55-53-51-49-47-45-43-41-39-26-24-22-20-18-16-14-12-10-8-6-4-2)66-98-82-78(96)75(93)80(70(64-87)100-82)103-84-79(97)76(94)81(71(65-88)101-84)102-83-77(95)74(92)73(91)69(63-86)99-83/h5,7,11,13,17,19,23,25,59,61,67-71,73-84,86-89,91-97H,3-4,6,8-10,12,14-16,18,20-22,24,26-58,60,62-66H2,1-2H3,(H,85,90)/b7-5-,13-11-,19-17-,25-23-,61-59+. The first kappa shape index (κ1) is 94.7. The fourth-order valence-electron chi connectivity index (χ4n) is 14.1. The molecule has 19 heteroatoms. The molecule has 3 fully saturated rings. The number of nitrogens with one attached hydrogen (secondary N) is 1. The van der Waals surface area contributed by atoms with E-state index in [9.17, 15) is 61.0 Å². The number of amides is 1. The van der Waals surface area contributed by atoms with E-state index in [1.54, 1.807) is 6.08 Å². The average Bonchev–Trinajstić information content (AvgIpc) is 0.781. The zero-order valence-electron chi connectivity index (χ0n) is 64.5. The van der Waals surface area contributed by atoms with Crippen molar-refractivity contribution in [2.45, 2.75) is 439 Å². The summed E-state index contributed by atoms with van der Waals surface area (Å²) < 4.78 is 34.5. The normalized spacial score (nSPS) is 26.3. The van der Waals surface area contributed by atoms with Gasteiger partial charge in [0, 0.05) is 6.42 Å². The summed E-state index contributed by atoms with van der Waals surface area (Å²) in [6.07, 6.45) is 56.4. The van der Waals surface area contributed by atoms with E-state index in [-0.39, 0.29) is 18.9 Å². The van der Waals surface area contributed by atoms with Gasteiger partial charge in [0.25, 0.3) is 0 Å². The van der Waals surface area contributed by atoms with E-state index in [1.165, 1.54) is 238 Å². The van der Waals surface area contributed by atoms with E-state index in [0.717, 1.165) is 70.6 Å². The Kier molecular flexibility index (Phi) is 59.1. The molecule has 17 atom stereocenters. The Hall–Kier alpha value is -2.51. The highest BCUT2D eigenvalue weighted by atomic mass is 16.8. The summed E-state index contributed by atoms with van der Waals surface area (Å²) in [6.45, 7) is 1.67. The molecule has 0 spiro atoms. The zero-order valence-corrected chi connectivity index (χ0v) is 64.5. The molecule has 0 aromatic heterocycles. The first-order valence-corrected chi connectivity index (χ1v) is 42.0. The van der Waals surface area contributed by atoms with Gasteiger partial charge in [0.15, 0.2) is 18.9 Å². The Morgan fingerprint density at radius 1 is 0.359 bits per heavy atom. The van der Waals surface area contributed by atoms with Crippen LogP contribution in [0.5, 0.6) is 0 Å². The van der Waals surface area contributed by atoms with E-state index in [0.29, 0.717) is 6.42 Å². The summed E-state index contributed by atoms with van der Waals surface area (Å²) in [7, 11) is 0. The lowest BCUT2D eigenvalue weighted by molar-refractivity contribution is -0.379. The third kappa shape index (κ3) is 44.1. The molecule has 0 aromatic rings. The highest BCUT2D eigenvalue weighted by Crippen LogP contribution is 2.33. The van der Waals surface area contributed by atoms with Crippen LogP contribution in [0.1, 0.15) is 335 Å². The predicted octanol–water partition coefficient (Wildman–Crippen LogP) is 14.6. The Balaban J connectivity index is 1.34. The minimum absolute atomic E-state index is 0.246. The van der Waals surface area contributed by atoms with Crippen molar-refractivity contribution in [1.29, 1.82) is 0 Å². The summed E-state index contributed by atoms with van der Waals surface area (Å²) >= 11 is 0. The van der Waals surface area contributed by atoms with Crippen LogP contribution in [0.15, 0.2) is 60.8 Å². The quantitative estimate of drug-likeness (QED) is 0.0199. The molecule has 3 heterocycles. The van der Waals surface area contributed by atoms with Crippen molar-refractivity contribution in [3.8, 4) is 0 Å². The molecule has 12 N–H and O–H groups in total. The minimum Gasteiger partial charge on any atom is -0.394 e. The van der Waals surface area contributed by atoms with Gasteiger partial charge in [-0.05, 0) is 57.8 Å². The molecule has 3 aliphatic heterocycles. The van der Waals surface area contributed by atoms with Gasteiger partial charge in [-0.15, -0.1) is 0 Å². The molecular formula is C84H153NO18. The molecule has 0 aliphatic carbocycles. The van der Waals surface area contributed by atoms with Crippen LogP contribution in [-0.2, 0) is 33.2 Å². The third-order valence-electron chi connectivity index (χ3n) is 20.8. The van der Waals surface area contributed by atoms with Gasteiger partial charge in [-0.25, -0.2) is 0 Å². The number of allylic oxidation sites excluding steroid dienone is 9. The average molecular weight is 1470 g/mol. The molecular weight excluding hydrogens is 1310 g/mol. The van der Waals surface area contributed by atoms with Crippen LogP contribution in [0.4, 0.5) is 0 Å². The van der Waals surface area contributed by atoms with Gasteiger partial charge in [0.1, 0.15) is 73.2 Å². The van der Waals surface area contributed by atoms with Gasteiger partial charge < -0.3 is 89.9 Å². The van der Waals surface area contributed by atoms with Gasteiger partial charge in [-0.1, -0.05) is 331 Å². The second kappa shape index (κ2) is 64.3. The largest absolute Gasteiger partial charge is 0.394 e. The Bertz CT molecular complexity index is 2090. The second-order valence-corrected chi connectivity index (χ2v) is 29.9. The first-order valence-electron chi connectivity index (χ1n) is 42.0. The van der Waals surface area contributed by atoms with Gasteiger partial charge in [0.2, 0.25) is 5.91 Å². The molecule has 0 aromatic carbocycles. The van der Waals surface area contributed by atoms with E-state index < -0.39 is 124 Å². The maximum absolute atomic E-state index is 13.5. The number of unbranched alkanes of at least 4 members (excludes halogenated alkanes) is 43. The first-order chi connectivity index (χ1) is 50.3. The molecule has 0 bridgehead atoms. The van der Waals surface area contributed by atoms with E-state index in [1.807, 2.05) is 6.08 Å². The summed E-state index contributed by atoms with van der Waals surface area (Å²) in [6, 6.07) is -0.974. The maximum Gasteiger partial charge on any atom is 0.220 e. The van der Waals surface area contributed by atoms with E-state index >= 15 is 0 Å². The summed E-state index contributed by atoms with van der Waals surface area (Å²) in [5, 5.41) is 121. The maximum atomic E-state index is 13.5. The topological polar surface area (TPSA) is 307 Å². The fourth-order valence-corrected chi connectivity index (χ4v) is 14.1. The molecule has 602 valence electrons. The smallest absolute Gasteiger partial charge is 0.220 e. The molecule has 3 rings (SSSR count). The predicted molar refractivity (Wildman–Crippen MR) is 411 cm³/mol. The van der Waals surface area contributed by atoms with Gasteiger partial charge in [-0.3, -0.25) is 4.79 Å². The van der Waals surface area contributed by atoms with E-state index in [4.69, 9.17) is 28.4 Å². The number of carbonyl (C=O) groups excluding carboxylic acids is 1. The minimum atomic E-state index is -1.98. The van der Waals surface area contributed by atoms with Gasteiger partial charge >= 0.3 is 0 Å². The van der Waals surface area contributed by atoms with Crippen LogP contribution in [-0.4, -0.2) is 193 Å². The number of hydrogen-bond acceptors (Lipinski definition) is 18. The van der Waals surface area contributed by atoms with Crippen molar-refractivity contribution in [2.75, 3.05) is 26.4 Å². The van der Waals surface area contributed by atoms with Crippen molar-refractivity contribution >= 4 is 5.91 Å². The monoisotopic (exact) mass is 1460 g/mol. The number of rotatable bonds is 67. The lowest BCUT2D eigenvalue weighted by Crippen LogP contribution is -2.66. The number of carbonyl (C=O) groups is 1. The third-order valence-corrected chi connectivity index (χ3v) is 20.8. The highest BCUT2D eigenvalue weighted by Gasteiger charge is 2.54. The lowest BCUT2D eigenvalue weighted by Gasteiger charge is -2.48. The Labute approximate surface area is 624 Å². The molecule has 103 heavy (non-hydrogen) atoms. The molecule has 1 amide bonds. The Morgan fingerprint density at radius 2 is 0.670 bits per heavy atom. The number of hydrogen-bond donors (Lipinski definition) is 12. The van der Waals surface area contributed by atoms with Crippen molar-refractivity contribution in [1.82, 2.24) is 5.32 Å². The van der Waals surface area contributed by atoms with Crippen LogP contribution in [0.2, 0.25) is 0 Å². The van der Waals surface area contributed by atoms with Gasteiger partial charge in [0.05, 0.1) is 38.6 Å². The van der Waals surface area contributed by atoms with Crippen LogP contribution in [0.25, 0.3) is 0 Å². The number of aliphatic hydroxyl groups excluding tert-OH is 11. The van der Waals surface area contributed by atoms with Crippen molar-refractivity contribution in [3.05, 3.63) is 60.8 Å². The molecule has 0 saturated carbocycles. The van der Waals surface area contributed by atoms with Crippen molar-refractivity contribution < 1.29 is 89.4 Å². The Morgan fingerprint density at radius 3 is 1.05 bits per heavy atom.